The standard InChI is InChI=1S/C17H17ClN2O3S/c1-20-11-13(12-6-2-4-8-15(12)20)16(21)10-19-24(22,23)17-9-5-3-7-14(17)18/h2-9,11,16,19,21H,10H2,1H3/t16-/m1/s1. The predicted molar refractivity (Wildman–Crippen MR) is 94.5 cm³/mol. The van der Waals surface area contributed by atoms with Crippen molar-refractivity contribution in [2.75, 3.05) is 6.54 Å². The lowest BCUT2D eigenvalue weighted by Gasteiger charge is -2.12. The minimum absolute atomic E-state index is 0.00298. The average molecular weight is 365 g/mol. The van der Waals surface area contributed by atoms with Crippen molar-refractivity contribution in [3.63, 3.8) is 0 Å². The van der Waals surface area contributed by atoms with Gasteiger partial charge in [-0.25, -0.2) is 13.1 Å². The van der Waals surface area contributed by atoms with Crippen LogP contribution in [0.5, 0.6) is 0 Å². The highest BCUT2D eigenvalue weighted by Gasteiger charge is 2.21. The Labute approximate surface area is 145 Å². The van der Waals surface area contributed by atoms with Gasteiger partial charge in [-0.05, 0) is 18.2 Å². The second-order valence-corrected chi connectivity index (χ2v) is 7.65. The van der Waals surface area contributed by atoms with E-state index in [0.717, 1.165) is 10.9 Å². The molecule has 1 atom stereocenters. The van der Waals surface area contributed by atoms with Gasteiger partial charge in [-0.2, -0.15) is 0 Å². The van der Waals surface area contributed by atoms with Crippen LogP contribution in [0.1, 0.15) is 11.7 Å². The summed E-state index contributed by atoms with van der Waals surface area (Å²) in [5.41, 5.74) is 1.65. The SMILES string of the molecule is Cn1cc([C@H](O)CNS(=O)(=O)c2ccccc2Cl)c2ccccc21. The summed E-state index contributed by atoms with van der Waals surface area (Å²) in [4.78, 5) is -0.00298. The predicted octanol–water partition coefficient (Wildman–Crippen LogP) is 2.84. The molecular formula is C17H17ClN2O3S. The molecule has 2 aromatic carbocycles. The van der Waals surface area contributed by atoms with Gasteiger partial charge in [-0.1, -0.05) is 41.9 Å². The zero-order chi connectivity index (χ0) is 17.3. The molecule has 3 rings (SSSR count). The molecule has 24 heavy (non-hydrogen) atoms. The number of halogens is 1. The Bertz CT molecular complexity index is 982. The number of para-hydroxylation sites is 1. The van der Waals surface area contributed by atoms with Crippen LogP contribution in [0, 0.1) is 0 Å². The summed E-state index contributed by atoms with van der Waals surface area (Å²) in [6.45, 7) is -0.137. The van der Waals surface area contributed by atoms with Gasteiger partial charge in [0.05, 0.1) is 11.1 Å². The van der Waals surface area contributed by atoms with E-state index in [1.807, 2.05) is 35.9 Å². The van der Waals surface area contributed by atoms with Crippen molar-refractivity contribution in [2.24, 2.45) is 7.05 Å². The number of aliphatic hydroxyl groups excluding tert-OH is 1. The van der Waals surface area contributed by atoms with E-state index in [2.05, 4.69) is 4.72 Å². The minimum atomic E-state index is -3.79. The molecule has 0 fully saturated rings. The number of sulfonamides is 1. The van der Waals surface area contributed by atoms with E-state index >= 15 is 0 Å². The van der Waals surface area contributed by atoms with Crippen molar-refractivity contribution in [1.82, 2.24) is 9.29 Å². The fraction of sp³-hybridized carbons (Fsp3) is 0.176. The van der Waals surface area contributed by atoms with Gasteiger partial charge in [0, 0.05) is 36.3 Å². The van der Waals surface area contributed by atoms with Gasteiger partial charge in [0.15, 0.2) is 0 Å². The van der Waals surface area contributed by atoms with Gasteiger partial charge in [-0.15, -0.1) is 0 Å². The summed E-state index contributed by atoms with van der Waals surface area (Å²) in [6.07, 6.45) is 0.840. The van der Waals surface area contributed by atoms with Crippen molar-refractivity contribution in [3.8, 4) is 0 Å². The van der Waals surface area contributed by atoms with Crippen LogP contribution in [-0.4, -0.2) is 24.6 Å². The zero-order valence-electron chi connectivity index (χ0n) is 13.0. The van der Waals surface area contributed by atoms with Crippen LogP contribution in [0.4, 0.5) is 0 Å². The number of nitrogens with zero attached hydrogens (tertiary/aromatic N) is 1. The first-order chi connectivity index (χ1) is 11.4. The number of hydrogen-bond acceptors (Lipinski definition) is 3. The van der Waals surface area contributed by atoms with Crippen LogP contribution >= 0.6 is 11.6 Å². The number of aliphatic hydroxyl groups is 1. The molecule has 0 amide bonds. The van der Waals surface area contributed by atoms with Gasteiger partial charge in [0.25, 0.3) is 0 Å². The Kier molecular flexibility index (Phi) is 4.64. The van der Waals surface area contributed by atoms with Crippen LogP contribution in [-0.2, 0) is 17.1 Å². The largest absolute Gasteiger partial charge is 0.387 e. The highest BCUT2D eigenvalue weighted by atomic mass is 35.5. The molecule has 0 saturated heterocycles. The van der Waals surface area contributed by atoms with E-state index in [9.17, 15) is 13.5 Å². The Hall–Kier alpha value is -1.86. The molecule has 5 nitrogen and oxygen atoms in total. The number of aryl methyl sites for hydroxylation is 1. The molecule has 0 aliphatic heterocycles. The lowest BCUT2D eigenvalue weighted by atomic mass is 10.1. The molecule has 3 aromatic rings. The Morgan fingerprint density at radius 2 is 1.83 bits per heavy atom. The highest BCUT2D eigenvalue weighted by Crippen LogP contribution is 2.26. The third kappa shape index (κ3) is 3.18. The van der Waals surface area contributed by atoms with Gasteiger partial charge in [0.2, 0.25) is 10.0 Å². The number of benzene rings is 2. The molecule has 1 heterocycles. The quantitative estimate of drug-likeness (QED) is 0.731. The van der Waals surface area contributed by atoms with Crippen LogP contribution < -0.4 is 4.72 Å². The first kappa shape index (κ1) is 17.0. The summed E-state index contributed by atoms with van der Waals surface area (Å²) in [5.74, 6) is 0. The number of aromatic nitrogens is 1. The van der Waals surface area contributed by atoms with E-state index in [1.54, 1.807) is 18.3 Å². The molecule has 0 spiro atoms. The lowest BCUT2D eigenvalue weighted by molar-refractivity contribution is 0.183. The van der Waals surface area contributed by atoms with E-state index < -0.39 is 16.1 Å². The first-order valence-corrected chi connectivity index (χ1v) is 9.22. The maximum atomic E-state index is 12.3. The topological polar surface area (TPSA) is 71.3 Å². The van der Waals surface area contributed by atoms with Crippen molar-refractivity contribution in [3.05, 3.63) is 65.3 Å². The maximum absolute atomic E-state index is 12.3. The molecule has 0 bridgehead atoms. The monoisotopic (exact) mass is 364 g/mol. The molecule has 1 aromatic heterocycles. The molecular weight excluding hydrogens is 348 g/mol. The third-order valence-corrected chi connectivity index (χ3v) is 5.80. The van der Waals surface area contributed by atoms with Crippen LogP contribution in [0.15, 0.2) is 59.6 Å². The van der Waals surface area contributed by atoms with E-state index in [4.69, 9.17) is 11.6 Å². The van der Waals surface area contributed by atoms with Crippen molar-refractivity contribution >= 4 is 32.5 Å². The van der Waals surface area contributed by atoms with Crippen molar-refractivity contribution in [2.45, 2.75) is 11.0 Å². The third-order valence-electron chi connectivity index (χ3n) is 3.88. The number of fused-ring (bicyclic) bond motifs is 1. The normalized spacial score (nSPS) is 13.3. The van der Waals surface area contributed by atoms with Crippen LogP contribution in [0.25, 0.3) is 10.9 Å². The van der Waals surface area contributed by atoms with E-state index in [1.165, 1.54) is 12.1 Å². The van der Waals surface area contributed by atoms with Crippen LogP contribution in [0.3, 0.4) is 0 Å². The Balaban J connectivity index is 1.82. The average Bonchev–Trinajstić information content (AvgIpc) is 2.90. The van der Waals surface area contributed by atoms with Gasteiger partial charge in [0.1, 0.15) is 4.90 Å². The molecule has 0 unspecified atom stereocenters. The molecule has 0 radical (unpaired) electrons. The maximum Gasteiger partial charge on any atom is 0.242 e. The fourth-order valence-electron chi connectivity index (χ4n) is 2.68. The molecule has 0 aliphatic rings. The second-order valence-electron chi connectivity index (χ2n) is 5.51. The highest BCUT2D eigenvalue weighted by molar-refractivity contribution is 7.89. The molecule has 7 heteroatoms. The molecule has 0 aliphatic carbocycles. The van der Waals surface area contributed by atoms with Crippen LogP contribution in [0.2, 0.25) is 5.02 Å². The van der Waals surface area contributed by atoms with Crippen molar-refractivity contribution < 1.29 is 13.5 Å². The van der Waals surface area contributed by atoms with Crippen molar-refractivity contribution in [1.29, 1.82) is 0 Å². The van der Waals surface area contributed by atoms with Gasteiger partial charge >= 0.3 is 0 Å². The smallest absolute Gasteiger partial charge is 0.242 e. The van der Waals surface area contributed by atoms with Gasteiger partial charge in [-0.3, -0.25) is 0 Å². The first-order valence-electron chi connectivity index (χ1n) is 7.36. The second kappa shape index (κ2) is 6.57. The lowest BCUT2D eigenvalue weighted by Crippen LogP contribution is -2.28. The van der Waals surface area contributed by atoms with E-state index in [0.29, 0.717) is 5.56 Å². The minimum Gasteiger partial charge on any atom is -0.387 e. The molecule has 126 valence electrons. The Morgan fingerprint density at radius 3 is 2.58 bits per heavy atom. The summed E-state index contributed by atoms with van der Waals surface area (Å²) in [6, 6.07) is 13.8. The summed E-state index contributed by atoms with van der Waals surface area (Å²) in [5, 5.41) is 11.5. The van der Waals surface area contributed by atoms with Gasteiger partial charge < -0.3 is 9.67 Å². The molecule has 2 N–H and O–H groups in total. The summed E-state index contributed by atoms with van der Waals surface area (Å²) in [7, 11) is -1.91. The Morgan fingerprint density at radius 1 is 1.17 bits per heavy atom. The van der Waals surface area contributed by atoms with E-state index in [-0.39, 0.29) is 16.5 Å². The molecule has 0 saturated carbocycles. The fourth-order valence-corrected chi connectivity index (χ4v) is 4.23. The summed E-state index contributed by atoms with van der Waals surface area (Å²) >= 11 is 5.94. The zero-order valence-corrected chi connectivity index (χ0v) is 14.6. The number of hydrogen-bond donors (Lipinski definition) is 2. The number of nitrogens with one attached hydrogen (secondary N) is 1. The number of rotatable bonds is 5. The summed E-state index contributed by atoms with van der Waals surface area (Å²) < 4.78 is 29.0.